The Balaban J connectivity index is 2.76. The van der Waals surface area contributed by atoms with Gasteiger partial charge in [0.15, 0.2) is 5.82 Å². The molecule has 0 fully saturated rings. The zero-order valence-electron chi connectivity index (χ0n) is 4.96. The van der Waals surface area contributed by atoms with Crippen LogP contribution in [0.3, 0.4) is 0 Å². The summed E-state index contributed by atoms with van der Waals surface area (Å²) >= 11 is 0. The van der Waals surface area contributed by atoms with Gasteiger partial charge in [-0.05, 0) is 0 Å². The molecule has 0 saturated heterocycles. The van der Waals surface area contributed by atoms with Crippen molar-refractivity contribution in [2.75, 3.05) is 0 Å². The van der Waals surface area contributed by atoms with Crippen molar-refractivity contribution in [1.29, 1.82) is 5.26 Å². The first kappa shape index (κ1) is 5.76. The Morgan fingerprint density at radius 3 is 3.00 bits per heavy atom. The van der Waals surface area contributed by atoms with Crippen molar-refractivity contribution >= 4 is 0 Å². The molecule has 0 aliphatic heterocycles. The lowest BCUT2D eigenvalue weighted by molar-refractivity contribution is 0.388. The summed E-state index contributed by atoms with van der Waals surface area (Å²) in [5, 5.41) is 11.7. The lowest BCUT2D eigenvalue weighted by Gasteiger charge is -1.71. The van der Waals surface area contributed by atoms with Crippen molar-refractivity contribution in [2.45, 2.75) is 13.3 Å². The molecule has 0 atom stereocenters. The molecular weight excluding hydrogens is 118 g/mol. The van der Waals surface area contributed by atoms with E-state index in [9.17, 15) is 0 Å². The van der Waals surface area contributed by atoms with Gasteiger partial charge in [0.1, 0.15) is 0 Å². The van der Waals surface area contributed by atoms with Gasteiger partial charge in [-0.15, -0.1) is 0 Å². The molecule has 0 unspecified atom stereocenters. The van der Waals surface area contributed by atoms with Gasteiger partial charge >= 0.3 is 0 Å². The number of aromatic nitrogens is 2. The van der Waals surface area contributed by atoms with Crippen LogP contribution in [0.5, 0.6) is 0 Å². The molecule has 0 saturated carbocycles. The Morgan fingerprint density at radius 1 is 1.78 bits per heavy atom. The summed E-state index contributed by atoms with van der Waals surface area (Å²) in [5.74, 6) is 0.954. The van der Waals surface area contributed by atoms with Crippen molar-refractivity contribution in [2.24, 2.45) is 0 Å². The van der Waals surface area contributed by atoms with E-state index in [1.165, 1.54) is 0 Å². The summed E-state index contributed by atoms with van der Waals surface area (Å²) in [5.41, 5.74) is 0. The van der Waals surface area contributed by atoms with Crippen LogP contribution in [-0.4, -0.2) is 10.1 Å². The number of nitrogens with zero attached hydrogens (tertiary/aromatic N) is 3. The second kappa shape index (κ2) is 2.27. The summed E-state index contributed by atoms with van der Waals surface area (Å²) in [7, 11) is 0. The molecule has 0 amide bonds. The van der Waals surface area contributed by atoms with Crippen LogP contribution in [0.2, 0.25) is 0 Å². The van der Waals surface area contributed by atoms with Crippen LogP contribution in [-0.2, 0) is 6.42 Å². The van der Waals surface area contributed by atoms with E-state index in [1.807, 2.05) is 6.07 Å². The van der Waals surface area contributed by atoms with E-state index in [1.54, 1.807) is 6.92 Å². The van der Waals surface area contributed by atoms with Crippen molar-refractivity contribution in [3.05, 3.63) is 11.7 Å². The lowest BCUT2D eigenvalue weighted by atomic mass is 10.5. The fourth-order valence-electron chi connectivity index (χ4n) is 0.484. The summed E-state index contributed by atoms with van der Waals surface area (Å²) < 4.78 is 4.60. The standard InChI is InChI=1S/C5H5N3O/c1-4-7-5(2-3-6)8-9-4/h2H2,1H3. The molecule has 0 aromatic carbocycles. The molecule has 4 heteroatoms. The first-order valence-electron chi connectivity index (χ1n) is 2.49. The maximum atomic E-state index is 8.16. The molecule has 0 radical (unpaired) electrons. The van der Waals surface area contributed by atoms with Crippen LogP contribution in [0.25, 0.3) is 0 Å². The summed E-state index contributed by atoms with van der Waals surface area (Å²) in [6.45, 7) is 1.69. The van der Waals surface area contributed by atoms with Crippen LogP contribution in [0.1, 0.15) is 11.7 Å². The van der Waals surface area contributed by atoms with Crippen LogP contribution in [0.4, 0.5) is 0 Å². The second-order valence-electron chi connectivity index (χ2n) is 1.56. The minimum absolute atomic E-state index is 0.220. The highest BCUT2D eigenvalue weighted by atomic mass is 16.5. The monoisotopic (exact) mass is 123 g/mol. The van der Waals surface area contributed by atoms with Gasteiger partial charge in [-0.25, -0.2) is 0 Å². The van der Waals surface area contributed by atoms with E-state index < -0.39 is 0 Å². The molecular formula is C5H5N3O. The minimum Gasteiger partial charge on any atom is -0.340 e. The Kier molecular flexibility index (Phi) is 1.45. The highest BCUT2D eigenvalue weighted by molar-refractivity contribution is 4.92. The van der Waals surface area contributed by atoms with Gasteiger partial charge in [0.05, 0.1) is 12.5 Å². The Labute approximate surface area is 52.1 Å². The third-order valence-electron chi connectivity index (χ3n) is 0.807. The van der Waals surface area contributed by atoms with Gasteiger partial charge in [-0.1, -0.05) is 5.16 Å². The predicted octanol–water partition coefficient (Wildman–Crippen LogP) is 0.444. The third kappa shape index (κ3) is 1.26. The molecule has 0 spiro atoms. The van der Waals surface area contributed by atoms with E-state index >= 15 is 0 Å². The lowest BCUT2D eigenvalue weighted by Crippen LogP contribution is -1.82. The molecule has 4 nitrogen and oxygen atoms in total. The Morgan fingerprint density at radius 2 is 2.56 bits per heavy atom. The zero-order chi connectivity index (χ0) is 6.69. The van der Waals surface area contributed by atoms with Gasteiger partial charge in [-0.3, -0.25) is 0 Å². The molecule has 1 aromatic heterocycles. The SMILES string of the molecule is Cc1nc(CC#N)no1. The number of rotatable bonds is 1. The molecule has 1 rings (SSSR count). The molecule has 0 bridgehead atoms. The number of nitriles is 1. The molecule has 46 valence electrons. The van der Waals surface area contributed by atoms with Gasteiger partial charge in [0, 0.05) is 6.92 Å². The van der Waals surface area contributed by atoms with E-state index in [4.69, 9.17) is 5.26 Å². The van der Waals surface area contributed by atoms with Crippen LogP contribution < -0.4 is 0 Å². The largest absolute Gasteiger partial charge is 0.340 e. The molecule has 0 aliphatic carbocycles. The van der Waals surface area contributed by atoms with Gasteiger partial charge in [0.25, 0.3) is 0 Å². The van der Waals surface area contributed by atoms with Crippen LogP contribution >= 0.6 is 0 Å². The average molecular weight is 123 g/mol. The number of hydrogen-bond acceptors (Lipinski definition) is 4. The molecule has 9 heavy (non-hydrogen) atoms. The number of aryl methyl sites for hydroxylation is 1. The minimum atomic E-state index is 0.220. The second-order valence-corrected chi connectivity index (χ2v) is 1.56. The summed E-state index contributed by atoms with van der Waals surface area (Å²) in [4.78, 5) is 3.80. The fraction of sp³-hybridized carbons (Fsp3) is 0.400. The summed E-state index contributed by atoms with van der Waals surface area (Å²) in [6.07, 6.45) is 0.220. The highest BCUT2D eigenvalue weighted by Gasteiger charge is 1.98. The number of hydrogen-bond donors (Lipinski definition) is 0. The Bertz CT molecular complexity index is 235. The zero-order valence-corrected chi connectivity index (χ0v) is 4.96. The quantitative estimate of drug-likeness (QED) is 0.543. The van der Waals surface area contributed by atoms with Gasteiger partial charge in [-0.2, -0.15) is 10.2 Å². The molecule has 0 N–H and O–H groups in total. The Hall–Kier alpha value is -1.37. The maximum absolute atomic E-state index is 8.16. The topological polar surface area (TPSA) is 62.7 Å². The molecule has 0 aliphatic rings. The highest BCUT2D eigenvalue weighted by Crippen LogP contribution is 1.93. The predicted molar refractivity (Wildman–Crippen MR) is 28.4 cm³/mol. The average Bonchev–Trinajstić information content (AvgIpc) is 2.17. The van der Waals surface area contributed by atoms with E-state index in [0.29, 0.717) is 11.7 Å². The van der Waals surface area contributed by atoms with Gasteiger partial charge in [0.2, 0.25) is 5.89 Å². The van der Waals surface area contributed by atoms with Crippen molar-refractivity contribution in [3.8, 4) is 6.07 Å². The normalized spacial score (nSPS) is 8.89. The third-order valence-corrected chi connectivity index (χ3v) is 0.807. The van der Waals surface area contributed by atoms with Crippen molar-refractivity contribution < 1.29 is 4.52 Å². The van der Waals surface area contributed by atoms with Crippen LogP contribution in [0.15, 0.2) is 4.52 Å². The van der Waals surface area contributed by atoms with Gasteiger partial charge < -0.3 is 4.52 Å². The first-order chi connectivity index (χ1) is 4.33. The fourth-order valence-corrected chi connectivity index (χ4v) is 0.484. The van der Waals surface area contributed by atoms with Crippen LogP contribution in [0, 0.1) is 18.3 Å². The first-order valence-corrected chi connectivity index (χ1v) is 2.49. The molecule has 1 aromatic rings. The molecule has 1 heterocycles. The van der Waals surface area contributed by atoms with Crippen molar-refractivity contribution in [1.82, 2.24) is 10.1 Å². The van der Waals surface area contributed by atoms with E-state index in [-0.39, 0.29) is 6.42 Å². The van der Waals surface area contributed by atoms with E-state index in [0.717, 1.165) is 0 Å². The maximum Gasteiger partial charge on any atom is 0.223 e. The summed E-state index contributed by atoms with van der Waals surface area (Å²) in [6, 6.07) is 1.91. The van der Waals surface area contributed by atoms with Crippen molar-refractivity contribution in [3.63, 3.8) is 0 Å². The smallest absolute Gasteiger partial charge is 0.223 e. The van der Waals surface area contributed by atoms with E-state index in [2.05, 4.69) is 14.7 Å².